The van der Waals surface area contributed by atoms with E-state index in [0.29, 0.717) is 11.5 Å². The summed E-state index contributed by atoms with van der Waals surface area (Å²) in [5.41, 5.74) is 8.62. The van der Waals surface area contributed by atoms with Gasteiger partial charge >= 0.3 is 0 Å². The lowest BCUT2D eigenvalue weighted by molar-refractivity contribution is -0.131. The summed E-state index contributed by atoms with van der Waals surface area (Å²) >= 11 is 0. The topological polar surface area (TPSA) is 76.7 Å². The number of hydrazine groups is 1. The zero-order chi connectivity index (χ0) is 21.3. The minimum Gasteiger partial charge on any atom is -0.484 e. The standard InChI is InChI=1S/C24H24N2O4/c1-17-12-18(2)14-20(13-17)29-15-23(27)25-26-24(28)16-30-22-11-7-6-10-21(22)19-8-4-3-5-9-19/h3-14H,15-16H2,1-2H3,(H,25,27)(H,26,28). The first-order chi connectivity index (χ1) is 14.5. The first-order valence-electron chi connectivity index (χ1n) is 9.57. The van der Waals surface area contributed by atoms with Crippen LogP contribution in [0.3, 0.4) is 0 Å². The summed E-state index contributed by atoms with van der Waals surface area (Å²) in [5, 5.41) is 0. The highest BCUT2D eigenvalue weighted by atomic mass is 16.5. The zero-order valence-corrected chi connectivity index (χ0v) is 17.0. The number of carbonyl (C=O) groups is 2. The lowest BCUT2D eigenvalue weighted by atomic mass is 10.1. The fourth-order valence-electron chi connectivity index (χ4n) is 2.97. The molecule has 0 radical (unpaired) electrons. The Labute approximate surface area is 175 Å². The minimum absolute atomic E-state index is 0.207. The van der Waals surface area contributed by atoms with Crippen LogP contribution in [0.5, 0.6) is 11.5 Å². The lowest BCUT2D eigenvalue weighted by Crippen LogP contribution is -2.45. The van der Waals surface area contributed by atoms with Gasteiger partial charge in [-0.15, -0.1) is 0 Å². The molecule has 6 nitrogen and oxygen atoms in total. The summed E-state index contributed by atoms with van der Waals surface area (Å²) in [5.74, 6) is 0.253. The maximum atomic E-state index is 12.0. The second kappa shape index (κ2) is 10.1. The van der Waals surface area contributed by atoms with Gasteiger partial charge in [0.25, 0.3) is 11.8 Å². The SMILES string of the molecule is Cc1cc(C)cc(OCC(=O)NNC(=O)COc2ccccc2-c2ccccc2)c1. The molecule has 0 fully saturated rings. The number of benzene rings is 3. The molecule has 3 aromatic carbocycles. The Balaban J connectivity index is 1.46. The zero-order valence-electron chi connectivity index (χ0n) is 17.0. The average molecular weight is 404 g/mol. The van der Waals surface area contributed by atoms with Crippen LogP contribution < -0.4 is 20.3 Å². The van der Waals surface area contributed by atoms with Crippen LogP contribution in [0.25, 0.3) is 11.1 Å². The molecule has 0 aromatic heterocycles. The van der Waals surface area contributed by atoms with Crippen LogP contribution >= 0.6 is 0 Å². The van der Waals surface area contributed by atoms with Crippen molar-refractivity contribution in [3.63, 3.8) is 0 Å². The summed E-state index contributed by atoms with van der Waals surface area (Å²) in [4.78, 5) is 24.0. The Morgan fingerprint density at radius 1 is 0.733 bits per heavy atom. The molecule has 2 N–H and O–H groups in total. The van der Waals surface area contributed by atoms with Gasteiger partial charge in [0.1, 0.15) is 11.5 Å². The molecule has 6 heteroatoms. The number of ether oxygens (including phenoxy) is 2. The van der Waals surface area contributed by atoms with E-state index in [1.807, 2.05) is 80.6 Å². The van der Waals surface area contributed by atoms with Crippen molar-refractivity contribution in [2.75, 3.05) is 13.2 Å². The maximum absolute atomic E-state index is 12.0. The lowest BCUT2D eigenvalue weighted by Gasteiger charge is -2.12. The normalized spacial score (nSPS) is 10.2. The van der Waals surface area contributed by atoms with E-state index in [9.17, 15) is 9.59 Å². The van der Waals surface area contributed by atoms with Gasteiger partial charge in [-0.25, -0.2) is 0 Å². The highest BCUT2D eigenvalue weighted by Gasteiger charge is 2.10. The van der Waals surface area contributed by atoms with Crippen molar-refractivity contribution in [3.05, 3.63) is 83.9 Å². The fraction of sp³-hybridized carbons (Fsp3) is 0.167. The molecular weight excluding hydrogens is 380 g/mol. The predicted octanol–water partition coefficient (Wildman–Crippen LogP) is 3.58. The van der Waals surface area contributed by atoms with Crippen LogP contribution in [0.4, 0.5) is 0 Å². The molecule has 30 heavy (non-hydrogen) atoms. The van der Waals surface area contributed by atoms with Crippen molar-refractivity contribution in [2.24, 2.45) is 0 Å². The van der Waals surface area contributed by atoms with Crippen LogP contribution in [0, 0.1) is 13.8 Å². The summed E-state index contributed by atoms with van der Waals surface area (Å²) in [6, 6.07) is 22.9. The van der Waals surface area contributed by atoms with Crippen LogP contribution in [0.2, 0.25) is 0 Å². The quantitative estimate of drug-likeness (QED) is 0.590. The second-order valence-electron chi connectivity index (χ2n) is 6.86. The molecular formula is C24H24N2O4. The number of amides is 2. The van der Waals surface area contributed by atoms with E-state index < -0.39 is 11.8 Å². The molecule has 0 heterocycles. The molecule has 3 aromatic rings. The van der Waals surface area contributed by atoms with Crippen molar-refractivity contribution in [1.82, 2.24) is 10.9 Å². The number of hydrogen-bond acceptors (Lipinski definition) is 4. The number of nitrogens with one attached hydrogen (secondary N) is 2. The predicted molar refractivity (Wildman–Crippen MR) is 115 cm³/mol. The molecule has 154 valence electrons. The smallest absolute Gasteiger partial charge is 0.276 e. The van der Waals surface area contributed by atoms with E-state index in [1.54, 1.807) is 6.07 Å². The second-order valence-corrected chi connectivity index (χ2v) is 6.86. The van der Waals surface area contributed by atoms with Gasteiger partial charge in [0.05, 0.1) is 0 Å². The monoisotopic (exact) mass is 404 g/mol. The highest BCUT2D eigenvalue weighted by molar-refractivity contribution is 5.83. The largest absolute Gasteiger partial charge is 0.484 e. The number of carbonyl (C=O) groups excluding carboxylic acids is 2. The molecule has 0 bridgehead atoms. The van der Waals surface area contributed by atoms with Gasteiger partial charge in [-0.05, 0) is 48.7 Å². The van der Waals surface area contributed by atoms with E-state index in [0.717, 1.165) is 22.3 Å². The van der Waals surface area contributed by atoms with E-state index in [2.05, 4.69) is 10.9 Å². The van der Waals surface area contributed by atoms with E-state index in [4.69, 9.17) is 9.47 Å². The molecule has 0 saturated heterocycles. The van der Waals surface area contributed by atoms with Crippen molar-refractivity contribution in [3.8, 4) is 22.6 Å². The van der Waals surface area contributed by atoms with Gasteiger partial charge in [-0.3, -0.25) is 20.4 Å². The number of para-hydroxylation sites is 1. The third-order valence-electron chi connectivity index (χ3n) is 4.24. The van der Waals surface area contributed by atoms with Crippen LogP contribution in [-0.2, 0) is 9.59 Å². The van der Waals surface area contributed by atoms with Gasteiger partial charge in [0.2, 0.25) is 0 Å². The first-order valence-corrected chi connectivity index (χ1v) is 9.57. The molecule has 0 aliphatic heterocycles. The van der Waals surface area contributed by atoms with Gasteiger partial charge in [0.15, 0.2) is 13.2 Å². The van der Waals surface area contributed by atoms with Crippen molar-refractivity contribution in [2.45, 2.75) is 13.8 Å². The summed E-state index contributed by atoms with van der Waals surface area (Å²) < 4.78 is 11.1. The summed E-state index contributed by atoms with van der Waals surface area (Å²) in [6.45, 7) is 3.47. The van der Waals surface area contributed by atoms with Crippen LogP contribution in [-0.4, -0.2) is 25.0 Å². The van der Waals surface area contributed by atoms with Gasteiger partial charge in [-0.1, -0.05) is 54.6 Å². The number of hydrogen-bond donors (Lipinski definition) is 2. The number of rotatable bonds is 7. The molecule has 0 atom stereocenters. The molecule has 3 rings (SSSR count). The molecule has 0 aliphatic rings. The van der Waals surface area contributed by atoms with Crippen molar-refractivity contribution in [1.29, 1.82) is 0 Å². The number of aryl methyl sites for hydroxylation is 2. The fourth-order valence-corrected chi connectivity index (χ4v) is 2.97. The van der Waals surface area contributed by atoms with E-state index in [-0.39, 0.29) is 13.2 Å². The maximum Gasteiger partial charge on any atom is 0.276 e. The molecule has 0 spiro atoms. The first kappa shape index (κ1) is 20.9. The third kappa shape index (κ3) is 6.10. The summed E-state index contributed by atoms with van der Waals surface area (Å²) in [6.07, 6.45) is 0. The Bertz CT molecular complexity index is 998. The molecule has 0 aliphatic carbocycles. The Morgan fingerprint density at radius 3 is 1.97 bits per heavy atom. The van der Waals surface area contributed by atoms with E-state index in [1.165, 1.54) is 0 Å². The molecule has 0 saturated carbocycles. The summed E-state index contributed by atoms with van der Waals surface area (Å²) in [7, 11) is 0. The third-order valence-corrected chi connectivity index (χ3v) is 4.24. The highest BCUT2D eigenvalue weighted by Crippen LogP contribution is 2.29. The molecule has 2 amide bonds. The van der Waals surface area contributed by atoms with Crippen LogP contribution in [0.15, 0.2) is 72.8 Å². The van der Waals surface area contributed by atoms with Crippen molar-refractivity contribution >= 4 is 11.8 Å². The minimum atomic E-state index is -0.474. The van der Waals surface area contributed by atoms with E-state index >= 15 is 0 Å². The Hall–Kier alpha value is -3.80. The van der Waals surface area contributed by atoms with Crippen LogP contribution in [0.1, 0.15) is 11.1 Å². The van der Waals surface area contributed by atoms with Gasteiger partial charge < -0.3 is 9.47 Å². The van der Waals surface area contributed by atoms with Gasteiger partial charge in [0, 0.05) is 5.56 Å². The van der Waals surface area contributed by atoms with Crippen molar-refractivity contribution < 1.29 is 19.1 Å². The Kier molecular flexibility index (Phi) is 7.05. The average Bonchev–Trinajstić information content (AvgIpc) is 2.75. The molecule has 0 unspecified atom stereocenters. The Morgan fingerprint density at radius 2 is 1.30 bits per heavy atom. The van der Waals surface area contributed by atoms with Gasteiger partial charge in [-0.2, -0.15) is 0 Å².